The maximum atomic E-state index is 12.7. The van der Waals surface area contributed by atoms with Crippen molar-refractivity contribution in [2.75, 3.05) is 26.3 Å². The van der Waals surface area contributed by atoms with Gasteiger partial charge in [-0.2, -0.15) is 0 Å². The number of benzene rings is 2. The molecule has 0 saturated carbocycles. The number of morpholine rings is 1. The van der Waals surface area contributed by atoms with Crippen LogP contribution in [0.15, 0.2) is 46.6 Å². The van der Waals surface area contributed by atoms with Crippen molar-refractivity contribution in [3.05, 3.63) is 63.3 Å². The number of phenolic OH excluding ortho intramolecular Hbond substituents is 1. The minimum atomic E-state index is -0.154. The fourth-order valence-corrected chi connectivity index (χ4v) is 3.72. The third-order valence-electron chi connectivity index (χ3n) is 4.69. The zero-order chi connectivity index (χ0) is 18.1. The lowest BCUT2D eigenvalue weighted by Gasteiger charge is -2.24. The maximum absolute atomic E-state index is 12.7. The number of ketones is 1. The molecule has 0 atom stereocenters. The van der Waals surface area contributed by atoms with Crippen LogP contribution >= 0.6 is 15.9 Å². The number of carbonyl (C=O) groups excluding carboxylic acids is 1. The first-order valence-electron chi connectivity index (χ1n) is 8.58. The van der Waals surface area contributed by atoms with Crippen molar-refractivity contribution in [2.24, 2.45) is 0 Å². The van der Waals surface area contributed by atoms with Crippen LogP contribution in [0.2, 0.25) is 0 Å². The average Bonchev–Trinajstić information content (AvgIpc) is 2.95. The summed E-state index contributed by atoms with van der Waals surface area (Å²) in [7, 11) is 0. The monoisotopic (exact) mass is 416 g/mol. The van der Waals surface area contributed by atoms with Crippen LogP contribution < -0.4 is 9.64 Å². The molecule has 0 aromatic heterocycles. The number of hydrogen-bond acceptors (Lipinski definition) is 4. The molecule has 2 heterocycles. The molecule has 1 fully saturated rings. The highest BCUT2D eigenvalue weighted by atomic mass is 79.9. The average molecular weight is 417 g/mol. The number of quaternary nitrogens is 1. The summed E-state index contributed by atoms with van der Waals surface area (Å²) in [4.78, 5) is 14.0. The van der Waals surface area contributed by atoms with Gasteiger partial charge in [0, 0.05) is 4.47 Å². The third-order valence-corrected chi connectivity index (χ3v) is 5.18. The van der Waals surface area contributed by atoms with Crippen molar-refractivity contribution in [1.29, 1.82) is 0 Å². The van der Waals surface area contributed by atoms with Gasteiger partial charge in [0.25, 0.3) is 0 Å². The van der Waals surface area contributed by atoms with Crippen LogP contribution in [0.3, 0.4) is 0 Å². The zero-order valence-electron chi connectivity index (χ0n) is 14.1. The van der Waals surface area contributed by atoms with Crippen molar-refractivity contribution in [2.45, 2.75) is 6.54 Å². The van der Waals surface area contributed by atoms with Crippen molar-refractivity contribution >= 4 is 27.8 Å². The van der Waals surface area contributed by atoms with Gasteiger partial charge in [0.15, 0.2) is 11.5 Å². The van der Waals surface area contributed by atoms with E-state index in [2.05, 4.69) is 15.9 Å². The summed E-state index contributed by atoms with van der Waals surface area (Å²) in [5.41, 5.74) is 2.07. The molecule has 0 spiro atoms. The van der Waals surface area contributed by atoms with E-state index < -0.39 is 0 Å². The molecule has 2 aliphatic heterocycles. The molecular formula is C20H19BrNO4+. The highest BCUT2D eigenvalue weighted by molar-refractivity contribution is 9.10. The number of carbonyl (C=O) groups is 1. The topological polar surface area (TPSA) is 60.2 Å². The van der Waals surface area contributed by atoms with Crippen molar-refractivity contribution in [1.82, 2.24) is 0 Å². The first-order valence-corrected chi connectivity index (χ1v) is 9.37. The molecular weight excluding hydrogens is 398 g/mol. The van der Waals surface area contributed by atoms with E-state index in [9.17, 15) is 9.90 Å². The number of aromatic hydroxyl groups is 1. The third kappa shape index (κ3) is 3.40. The van der Waals surface area contributed by atoms with Gasteiger partial charge in [-0.05, 0) is 35.9 Å². The van der Waals surface area contributed by atoms with E-state index in [1.54, 1.807) is 18.2 Å². The molecule has 2 aliphatic rings. The van der Waals surface area contributed by atoms with Gasteiger partial charge >= 0.3 is 0 Å². The molecule has 6 heteroatoms. The van der Waals surface area contributed by atoms with Gasteiger partial charge < -0.3 is 19.5 Å². The molecule has 2 N–H and O–H groups in total. The molecule has 0 bridgehead atoms. The van der Waals surface area contributed by atoms with E-state index in [-0.39, 0.29) is 17.3 Å². The highest BCUT2D eigenvalue weighted by Crippen LogP contribution is 2.39. The first kappa shape index (κ1) is 17.3. The molecule has 1 saturated heterocycles. The van der Waals surface area contributed by atoms with E-state index in [1.165, 1.54) is 4.90 Å². The predicted octanol–water partition coefficient (Wildman–Crippen LogP) is 2.19. The molecule has 4 rings (SSSR count). The highest BCUT2D eigenvalue weighted by Gasteiger charge is 2.32. The molecule has 2 aromatic carbocycles. The number of ether oxygens (including phenoxy) is 2. The molecule has 2 aromatic rings. The lowest BCUT2D eigenvalue weighted by Crippen LogP contribution is -3.12. The summed E-state index contributed by atoms with van der Waals surface area (Å²) in [5, 5.41) is 10.3. The molecule has 0 radical (unpaired) electrons. The molecule has 5 nitrogen and oxygen atoms in total. The van der Waals surface area contributed by atoms with E-state index in [1.807, 2.05) is 24.3 Å². The largest absolute Gasteiger partial charge is 0.507 e. The van der Waals surface area contributed by atoms with E-state index in [0.717, 1.165) is 23.1 Å². The number of fused-ring (bicyclic) bond motifs is 1. The fourth-order valence-electron chi connectivity index (χ4n) is 3.30. The molecule has 26 heavy (non-hydrogen) atoms. The second-order valence-electron chi connectivity index (χ2n) is 6.47. The van der Waals surface area contributed by atoms with Crippen LogP contribution in [-0.4, -0.2) is 37.2 Å². The Labute approximate surface area is 160 Å². The lowest BCUT2D eigenvalue weighted by molar-refractivity contribution is -0.921. The van der Waals surface area contributed by atoms with Gasteiger partial charge in [-0.3, -0.25) is 4.79 Å². The smallest absolute Gasteiger partial charge is 0.231 e. The van der Waals surface area contributed by atoms with Gasteiger partial charge in [0.05, 0.1) is 24.3 Å². The molecule has 0 aliphatic carbocycles. The first-order chi connectivity index (χ1) is 12.6. The van der Waals surface area contributed by atoms with E-state index in [0.29, 0.717) is 36.6 Å². The fraction of sp³-hybridized carbons (Fsp3) is 0.250. The molecule has 0 unspecified atom stereocenters. The predicted molar refractivity (Wildman–Crippen MR) is 100 cm³/mol. The van der Waals surface area contributed by atoms with Crippen LogP contribution in [0.25, 0.3) is 6.08 Å². The van der Waals surface area contributed by atoms with Crippen molar-refractivity contribution < 1.29 is 24.3 Å². The Hall–Kier alpha value is -2.15. The summed E-state index contributed by atoms with van der Waals surface area (Å²) >= 11 is 3.43. The van der Waals surface area contributed by atoms with Gasteiger partial charge in [0.1, 0.15) is 25.4 Å². The lowest BCUT2D eigenvalue weighted by atomic mass is 10.0. The Morgan fingerprint density at radius 1 is 1.19 bits per heavy atom. The summed E-state index contributed by atoms with van der Waals surface area (Å²) in [6.45, 7) is 3.77. The number of rotatable bonds is 3. The number of phenols is 1. The number of hydrogen-bond donors (Lipinski definition) is 2. The van der Waals surface area contributed by atoms with Gasteiger partial charge in [0.2, 0.25) is 5.78 Å². The summed E-state index contributed by atoms with van der Waals surface area (Å²) < 4.78 is 12.2. The number of nitrogens with one attached hydrogen (secondary N) is 1. The van der Waals surface area contributed by atoms with Crippen molar-refractivity contribution in [3.63, 3.8) is 0 Å². The second kappa shape index (κ2) is 7.23. The Balaban J connectivity index is 1.66. The SMILES string of the molecule is O=C1/C(=C\c2cccc(Br)c2)Oc2c1ccc(O)c2C[NH+]1CCOCC1. The number of halogens is 1. The van der Waals surface area contributed by atoms with Crippen LogP contribution in [0.4, 0.5) is 0 Å². The van der Waals surface area contributed by atoms with Crippen LogP contribution in [0.5, 0.6) is 11.5 Å². The Kier molecular flexibility index (Phi) is 4.80. The molecule has 134 valence electrons. The standard InChI is InChI=1S/C20H18BrNO4/c21-14-3-1-2-13(10-14)11-18-19(24)15-4-5-17(23)16(20(15)26-18)12-22-6-8-25-9-7-22/h1-5,10-11,23H,6-9,12H2/p+1/b18-11+. The number of Topliss-reactive ketones (excluding diaryl/α,β-unsaturated/α-hetero) is 1. The second-order valence-corrected chi connectivity index (χ2v) is 7.39. The van der Waals surface area contributed by atoms with Crippen LogP contribution in [0.1, 0.15) is 21.5 Å². The Morgan fingerprint density at radius 2 is 2.00 bits per heavy atom. The quantitative estimate of drug-likeness (QED) is 0.752. The summed E-state index contributed by atoms with van der Waals surface area (Å²) in [6, 6.07) is 10.9. The van der Waals surface area contributed by atoms with Crippen molar-refractivity contribution in [3.8, 4) is 11.5 Å². The van der Waals surface area contributed by atoms with Gasteiger partial charge in [-0.15, -0.1) is 0 Å². The van der Waals surface area contributed by atoms with Crippen LogP contribution in [0, 0.1) is 0 Å². The number of allylic oxidation sites excluding steroid dienone is 1. The van der Waals surface area contributed by atoms with Gasteiger partial charge in [-0.1, -0.05) is 28.1 Å². The Bertz CT molecular complexity index is 887. The summed E-state index contributed by atoms with van der Waals surface area (Å²) in [5.74, 6) is 0.773. The minimum absolute atomic E-state index is 0.154. The Morgan fingerprint density at radius 3 is 2.77 bits per heavy atom. The maximum Gasteiger partial charge on any atom is 0.231 e. The zero-order valence-corrected chi connectivity index (χ0v) is 15.7. The van der Waals surface area contributed by atoms with E-state index in [4.69, 9.17) is 9.47 Å². The van der Waals surface area contributed by atoms with Crippen LogP contribution in [-0.2, 0) is 11.3 Å². The van der Waals surface area contributed by atoms with Gasteiger partial charge in [-0.25, -0.2) is 0 Å². The summed E-state index contributed by atoms with van der Waals surface area (Å²) in [6.07, 6.45) is 1.73. The normalized spacial score (nSPS) is 18.8. The molecule has 0 amide bonds. The van der Waals surface area contributed by atoms with E-state index >= 15 is 0 Å². The minimum Gasteiger partial charge on any atom is -0.507 e.